The molecule has 0 saturated carbocycles. The van der Waals surface area contributed by atoms with Crippen LogP contribution in [0.1, 0.15) is 11.8 Å². The third-order valence-electron chi connectivity index (χ3n) is 2.58. The Hall–Kier alpha value is -1.95. The van der Waals surface area contributed by atoms with Gasteiger partial charge in [-0.25, -0.2) is 9.97 Å². The summed E-state index contributed by atoms with van der Waals surface area (Å²) in [7, 11) is 0. The topological polar surface area (TPSA) is 55.6 Å². The molecule has 5 nitrogen and oxygen atoms in total. The van der Waals surface area contributed by atoms with Gasteiger partial charge in [-0.2, -0.15) is 4.98 Å². The summed E-state index contributed by atoms with van der Waals surface area (Å²) < 4.78 is 1.91. The van der Waals surface area contributed by atoms with E-state index < -0.39 is 0 Å². The summed E-state index contributed by atoms with van der Waals surface area (Å²) >= 11 is 1.68. The quantitative estimate of drug-likeness (QED) is 0.785. The molecule has 0 bridgehead atoms. The van der Waals surface area contributed by atoms with Gasteiger partial charge >= 0.3 is 0 Å². The molecular weight excluding hydrogens is 246 g/mol. The third kappa shape index (κ3) is 1.84. The lowest BCUT2D eigenvalue weighted by molar-refractivity contribution is 0.987. The van der Waals surface area contributed by atoms with Gasteiger partial charge in [0.05, 0.1) is 5.39 Å². The third-order valence-corrected chi connectivity index (χ3v) is 3.52. The van der Waals surface area contributed by atoms with Crippen molar-refractivity contribution in [1.82, 2.24) is 19.5 Å². The second kappa shape index (κ2) is 4.38. The summed E-state index contributed by atoms with van der Waals surface area (Å²) in [6.07, 6.45) is 5.40. The van der Waals surface area contributed by atoms with E-state index in [0.717, 1.165) is 22.6 Å². The van der Waals surface area contributed by atoms with Gasteiger partial charge in [0, 0.05) is 23.8 Å². The fourth-order valence-electron chi connectivity index (χ4n) is 1.85. The van der Waals surface area contributed by atoms with Crippen LogP contribution in [0.2, 0.25) is 0 Å². The molecule has 0 aliphatic heterocycles. The molecule has 0 saturated heterocycles. The van der Waals surface area contributed by atoms with E-state index in [1.807, 2.05) is 17.7 Å². The number of nitrogens with zero attached hydrogens (tertiary/aromatic N) is 4. The van der Waals surface area contributed by atoms with Crippen LogP contribution < -0.4 is 5.32 Å². The zero-order valence-corrected chi connectivity index (χ0v) is 11.0. The van der Waals surface area contributed by atoms with E-state index in [0.29, 0.717) is 5.95 Å². The molecule has 3 aromatic heterocycles. The van der Waals surface area contributed by atoms with Crippen LogP contribution in [0.5, 0.6) is 0 Å². The fraction of sp³-hybridized carbons (Fsp3) is 0.250. The molecular formula is C12H13N5S. The van der Waals surface area contributed by atoms with Crippen LogP contribution in [0.4, 0.5) is 5.95 Å². The molecule has 3 rings (SSSR count). The number of imidazole rings is 1. The summed E-state index contributed by atoms with van der Waals surface area (Å²) in [5, 5.41) is 4.23. The number of rotatable bonds is 3. The molecule has 0 spiro atoms. The fourth-order valence-corrected chi connectivity index (χ4v) is 2.72. The average molecular weight is 259 g/mol. The van der Waals surface area contributed by atoms with Crippen LogP contribution in [0, 0.1) is 6.92 Å². The second-order valence-electron chi connectivity index (χ2n) is 3.95. The average Bonchev–Trinajstić information content (AvgIpc) is 2.96. The molecule has 6 heteroatoms. The number of aromatic nitrogens is 4. The SMILES string of the molecule is CCNc1nc(-n2ccnc2)c2cc(C)sc2n1. The number of thiophene rings is 1. The highest BCUT2D eigenvalue weighted by Gasteiger charge is 2.11. The molecule has 0 radical (unpaired) electrons. The van der Waals surface area contributed by atoms with Gasteiger partial charge in [0.2, 0.25) is 5.95 Å². The first-order chi connectivity index (χ1) is 8.78. The molecule has 0 aromatic carbocycles. The molecule has 0 atom stereocenters. The Morgan fingerprint density at radius 2 is 2.28 bits per heavy atom. The molecule has 0 unspecified atom stereocenters. The predicted octanol–water partition coefficient (Wildman–Crippen LogP) is 2.62. The maximum atomic E-state index is 4.55. The van der Waals surface area contributed by atoms with Crippen LogP contribution in [0.3, 0.4) is 0 Å². The molecule has 0 amide bonds. The monoisotopic (exact) mass is 259 g/mol. The van der Waals surface area contributed by atoms with Crippen LogP contribution in [0.25, 0.3) is 16.0 Å². The van der Waals surface area contributed by atoms with Gasteiger partial charge in [0.15, 0.2) is 5.82 Å². The van der Waals surface area contributed by atoms with Crippen molar-refractivity contribution in [2.45, 2.75) is 13.8 Å². The molecule has 0 aliphatic carbocycles. The Kier molecular flexibility index (Phi) is 2.71. The van der Waals surface area contributed by atoms with Crippen molar-refractivity contribution in [3.63, 3.8) is 0 Å². The largest absolute Gasteiger partial charge is 0.354 e. The van der Waals surface area contributed by atoms with Crippen molar-refractivity contribution in [3.8, 4) is 5.82 Å². The van der Waals surface area contributed by atoms with E-state index in [1.54, 1.807) is 23.9 Å². The van der Waals surface area contributed by atoms with Crippen molar-refractivity contribution in [1.29, 1.82) is 0 Å². The maximum absolute atomic E-state index is 4.55. The highest BCUT2D eigenvalue weighted by atomic mass is 32.1. The number of hydrogen-bond acceptors (Lipinski definition) is 5. The van der Waals surface area contributed by atoms with Crippen LogP contribution in [-0.4, -0.2) is 26.1 Å². The number of aryl methyl sites for hydroxylation is 1. The van der Waals surface area contributed by atoms with Crippen LogP contribution in [0.15, 0.2) is 24.8 Å². The van der Waals surface area contributed by atoms with E-state index in [2.05, 4.69) is 33.3 Å². The van der Waals surface area contributed by atoms with Crippen molar-refractivity contribution in [3.05, 3.63) is 29.7 Å². The number of nitrogens with one attached hydrogen (secondary N) is 1. The van der Waals surface area contributed by atoms with Crippen molar-refractivity contribution in [2.75, 3.05) is 11.9 Å². The van der Waals surface area contributed by atoms with Gasteiger partial charge in [0.1, 0.15) is 11.2 Å². The molecule has 0 fully saturated rings. The highest BCUT2D eigenvalue weighted by Crippen LogP contribution is 2.28. The Morgan fingerprint density at radius 1 is 1.39 bits per heavy atom. The smallest absolute Gasteiger partial charge is 0.226 e. The summed E-state index contributed by atoms with van der Waals surface area (Å²) in [5.74, 6) is 1.54. The van der Waals surface area contributed by atoms with Gasteiger partial charge in [-0.05, 0) is 19.9 Å². The first-order valence-electron chi connectivity index (χ1n) is 5.78. The summed E-state index contributed by atoms with van der Waals surface area (Å²) in [5.41, 5.74) is 0. The first kappa shape index (κ1) is 11.2. The van der Waals surface area contributed by atoms with Gasteiger partial charge in [0.25, 0.3) is 0 Å². The minimum atomic E-state index is 0.663. The van der Waals surface area contributed by atoms with E-state index in [-0.39, 0.29) is 0 Å². The predicted molar refractivity (Wildman–Crippen MR) is 73.4 cm³/mol. The highest BCUT2D eigenvalue weighted by molar-refractivity contribution is 7.18. The minimum Gasteiger partial charge on any atom is -0.354 e. The van der Waals surface area contributed by atoms with Gasteiger partial charge in [-0.1, -0.05) is 0 Å². The Bertz CT molecular complexity index is 671. The van der Waals surface area contributed by atoms with Gasteiger partial charge < -0.3 is 5.32 Å². The minimum absolute atomic E-state index is 0.663. The summed E-state index contributed by atoms with van der Waals surface area (Å²) in [6.45, 7) is 4.92. The molecule has 18 heavy (non-hydrogen) atoms. The molecule has 3 heterocycles. The summed E-state index contributed by atoms with van der Waals surface area (Å²) in [4.78, 5) is 15.4. The molecule has 1 N–H and O–H groups in total. The maximum Gasteiger partial charge on any atom is 0.226 e. The lowest BCUT2D eigenvalue weighted by Gasteiger charge is -2.06. The Labute approximate surface area is 109 Å². The lowest BCUT2D eigenvalue weighted by Crippen LogP contribution is -2.05. The molecule has 3 aromatic rings. The summed E-state index contributed by atoms with van der Waals surface area (Å²) in [6, 6.07) is 2.12. The van der Waals surface area contributed by atoms with E-state index >= 15 is 0 Å². The van der Waals surface area contributed by atoms with Crippen molar-refractivity contribution < 1.29 is 0 Å². The van der Waals surface area contributed by atoms with Gasteiger partial charge in [-0.15, -0.1) is 11.3 Å². The standard InChI is InChI=1S/C12H13N5S/c1-3-14-12-15-10(17-5-4-13-7-17)9-6-8(2)18-11(9)16-12/h4-7H,3H2,1-2H3,(H,14,15,16). The number of fused-ring (bicyclic) bond motifs is 1. The molecule has 92 valence electrons. The van der Waals surface area contributed by atoms with E-state index in [4.69, 9.17) is 0 Å². The van der Waals surface area contributed by atoms with E-state index in [1.165, 1.54) is 4.88 Å². The zero-order valence-electron chi connectivity index (χ0n) is 10.2. The lowest BCUT2D eigenvalue weighted by atomic mass is 10.3. The van der Waals surface area contributed by atoms with Crippen molar-refractivity contribution in [2.24, 2.45) is 0 Å². The first-order valence-corrected chi connectivity index (χ1v) is 6.60. The number of hydrogen-bond donors (Lipinski definition) is 1. The Morgan fingerprint density at radius 3 is 3.00 bits per heavy atom. The normalized spacial score (nSPS) is 11.0. The number of anilines is 1. The Balaban J connectivity index is 2.26. The van der Waals surface area contributed by atoms with Crippen molar-refractivity contribution >= 4 is 27.5 Å². The molecule has 0 aliphatic rings. The van der Waals surface area contributed by atoms with Crippen LogP contribution >= 0.6 is 11.3 Å². The van der Waals surface area contributed by atoms with Gasteiger partial charge in [-0.3, -0.25) is 4.57 Å². The van der Waals surface area contributed by atoms with Crippen LogP contribution in [-0.2, 0) is 0 Å². The van der Waals surface area contributed by atoms with E-state index in [9.17, 15) is 0 Å². The zero-order chi connectivity index (χ0) is 12.5. The second-order valence-corrected chi connectivity index (χ2v) is 5.18.